The number of ether oxygens (including phenoxy) is 2. The largest absolute Gasteiger partial charge is 0.490 e. The van der Waals surface area contributed by atoms with Crippen LogP contribution in [0.1, 0.15) is 33.2 Å². The number of esters is 1. The number of methoxy groups -OCH3 is 1. The summed E-state index contributed by atoms with van der Waals surface area (Å²) in [6, 6.07) is 17.9. The fourth-order valence-corrected chi connectivity index (χ4v) is 3.10. The Morgan fingerprint density at radius 2 is 1.72 bits per heavy atom. The maximum Gasteiger partial charge on any atom is 0.339 e. The molecule has 3 rings (SSSR count). The van der Waals surface area contributed by atoms with Gasteiger partial charge in [-0.15, -0.1) is 0 Å². The van der Waals surface area contributed by atoms with Crippen molar-refractivity contribution < 1.29 is 24.0 Å². The van der Waals surface area contributed by atoms with Gasteiger partial charge in [0.05, 0.1) is 17.6 Å². The number of benzene rings is 3. The second-order valence-electron chi connectivity index (χ2n) is 7.15. The molecule has 0 radical (unpaired) electrons. The molecule has 1 N–H and O–H groups in total. The maximum absolute atomic E-state index is 13.1. The zero-order valence-electron chi connectivity index (χ0n) is 17.8. The van der Waals surface area contributed by atoms with Crippen molar-refractivity contribution in [1.82, 2.24) is 0 Å². The molecule has 1 atom stereocenters. The van der Waals surface area contributed by atoms with Gasteiger partial charge in [-0.2, -0.15) is 0 Å². The number of carbonyl (C=O) groups excluding carboxylic acids is 2. The van der Waals surface area contributed by atoms with E-state index in [1.165, 1.54) is 19.2 Å². The number of amides is 1. The monoisotopic (exact) mass is 434 g/mol. The minimum absolute atomic E-state index is 0.0128. The van der Waals surface area contributed by atoms with Crippen molar-refractivity contribution in [1.29, 1.82) is 0 Å². The van der Waals surface area contributed by atoms with Gasteiger partial charge in [-0.05, 0) is 43.2 Å². The van der Waals surface area contributed by atoms with E-state index in [9.17, 15) is 19.7 Å². The van der Waals surface area contributed by atoms with E-state index >= 15 is 0 Å². The van der Waals surface area contributed by atoms with Crippen molar-refractivity contribution in [2.24, 2.45) is 0 Å². The lowest BCUT2D eigenvalue weighted by Crippen LogP contribution is -2.26. The lowest BCUT2D eigenvalue weighted by Gasteiger charge is -2.19. The van der Waals surface area contributed by atoms with Crippen molar-refractivity contribution in [2.45, 2.75) is 20.0 Å². The SMILES string of the molecule is COc1ccc(C(=O)O[C@H](C(=O)Nc2cc(C)ccc2C)c2ccccc2)cc1[N+](=O)[O-]. The van der Waals surface area contributed by atoms with Gasteiger partial charge >= 0.3 is 11.7 Å². The van der Waals surface area contributed by atoms with Crippen LogP contribution < -0.4 is 10.1 Å². The third kappa shape index (κ3) is 5.10. The molecule has 0 saturated carbocycles. The predicted octanol–water partition coefficient (Wildman–Crippen LogP) is 4.76. The van der Waals surface area contributed by atoms with Gasteiger partial charge in [0.15, 0.2) is 5.75 Å². The first kappa shape index (κ1) is 22.5. The summed E-state index contributed by atoms with van der Waals surface area (Å²) in [5.74, 6) is -1.40. The Hall–Kier alpha value is -4.20. The molecule has 0 saturated heterocycles. The molecule has 0 bridgehead atoms. The lowest BCUT2D eigenvalue weighted by molar-refractivity contribution is -0.385. The molecule has 0 aliphatic rings. The maximum atomic E-state index is 13.1. The van der Waals surface area contributed by atoms with Crippen LogP contribution in [-0.2, 0) is 9.53 Å². The summed E-state index contributed by atoms with van der Waals surface area (Å²) in [5, 5.41) is 14.1. The highest BCUT2D eigenvalue weighted by atomic mass is 16.6. The first-order valence-electron chi connectivity index (χ1n) is 9.76. The van der Waals surface area contributed by atoms with E-state index in [1.54, 1.807) is 30.3 Å². The van der Waals surface area contributed by atoms with Gasteiger partial charge in [0.2, 0.25) is 6.10 Å². The van der Waals surface area contributed by atoms with Crippen LogP contribution in [0.4, 0.5) is 11.4 Å². The number of hydrogen-bond donors (Lipinski definition) is 1. The summed E-state index contributed by atoms with van der Waals surface area (Å²) < 4.78 is 10.5. The molecular weight excluding hydrogens is 412 g/mol. The van der Waals surface area contributed by atoms with Crippen LogP contribution in [-0.4, -0.2) is 23.9 Å². The quantitative estimate of drug-likeness (QED) is 0.326. The van der Waals surface area contributed by atoms with Crippen molar-refractivity contribution in [3.8, 4) is 5.75 Å². The smallest absolute Gasteiger partial charge is 0.339 e. The molecule has 0 heterocycles. The molecule has 164 valence electrons. The summed E-state index contributed by atoms with van der Waals surface area (Å²) in [6.45, 7) is 3.76. The Bertz CT molecular complexity index is 1160. The molecule has 0 unspecified atom stereocenters. The van der Waals surface area contributed by atoms with Crippen molar-refractivity contribution >= 4 is 23.3 Å². The number of hydrogen-bond acceptors (Lipinski definition) is 6. The van der Waals surface area contributed by atoms with Crippen LogP contribution in [0.25, 0.3) is 0 Å². The molecule has 0 aliphatic heterocycles. The number of nitro groups is 1. The Morgan fingerprint density at radius 1 is 1.00 bits per heavy atom. The Labute approximate surface area is 184 Å². The fraction of sp³-hybridized carbons (Fsp3) is 0.167. The molecule has 3 aromatic rings. The summed E-state index contributed by atoms with van der Waals surface area (Å²) in [5.41, 5.74) is 2.44. The van der Waals surface area contributed by atoms with Crippen LogP contribution in [0.5, 0.6) is 5.75 Å². The molecule has 32 heavy (non-hydrogen) atoms. The summed E-state index contributed by atoms with van der Waals surface area (Å²) >= 11 is 0. The third-order valence-corrected chi connectivity index (χ3v) is 4.83. The van der Waals surface area contributed by atoms with Crippen LogP contribution in [0.2, 0.25) is 0 Å². The molecule has 0 spiro atoms. The minimum Gasteiger partial charge on any atom is -0.490 e. The van der Waals surface area contributed by atoms with Gasteiger partial charge in [-0.1, -0.05) is 42.5 Å². The first-order valence-corrected chi connectivity index (χ1v) is 9.76. The number of nitro benzene ring substituents is 1. The van der Waals surface area contributed by atoms with E-state index in [0.29, 0.717) is 11.3 Å². The van der Waals surface area contributed by atoms with E-state index in [1.807, 2.05) is 32.0 Å². The number of aryl methyl sites for hydroxylation is 2. The molecule has 1 amide bonds. The number of rotatable bonds is 7. The van der Waals surface area contributed by atoms with Crippen molar-refractivity contribution in [3.63, 3.8) is 0 Å². The van der Waals surface area contributed by atoms with E-state index in [2.05, 4.69) is 5.32 Å². The summed E-state index contributed by atoms with van der Waals surface area (Å²) in [4.78, 5) is 36.5. The topological polar surface area (TPSA) is 108 Å². The molecule has 8 heteroatoms. The van der Waals surface area contributed by atoms with E-state index < -0.39 is 22.9 Å². The van der Waals surface area contributed by atoms with Gasteiger partial charge in [-0.3, -0.25) is 14.9 Å². The van der Waals surface area contributed by atoms with Gasteiger partial charge < -0.3 is 14.8 Å². The molecule has 0 fully saturated rings. The Morgan fingerprint density at radius 3 is 2.38 bits per heavy atom. The van der Waals surface area contributed by atoms with E-state index in [4.69, 9.17) is 9.47 Å². The van der Waals surface area contributed by atoms with Gasteiger partial charge in [0.1, 0.15) is 0 Å². The Balaban J connectivity index is 1.91. The molecule has 0 aromatic heterocycles. The minimum atomic E-state index is -1.26. The standard InChI is InChI=1S/C24H22N2O6/c1-15-9-10-16(2)19(13-15)25-23(27)22(17-7-5-4-6-8-17)32-24(28)18-11-12-21(31-3)20(14-18)26(29)30/h4-14,22H,1-3H3,(H,25,27)/t22-/m0/s1. The van der Waals surface area contributed by atoms with Gasteiger partial charge in [0, 0.05) is 17.3 Å². The highest BCUT2D eigenvalue weighted by molar-refractivity contribution is 5.98. The number of carbonyl (C=O) groups is 2. The van der Waals surface area contributed by atoms with E-state index in [0.717, 1.165) is 17.2 Å². The molecule has 8 nitrogen and oxygen atoms in total. The van der Waals surface area contributed by atoms with Crippen LogP contribution in [0.15, 0.2) is 66.7 Å². The fourth-order valence-electron chi connectivity index (χ4n) is 3.10. The van der Waals surface area contributed by atoms with Crippen LogP contribution >= 0.6 is 0 Å². The summed E-state index contributed by atoms with van der Waals surface area (Å²) in [6.07, 6.45) is -1.26. The second-order valence-corrected chi connectivity index (χ2v) is 7.15. The normalized spacial score (nSPS) is 11.3. The number of anilines is 1. The van der Waals surface area contributed by atoms with E-state index in [-0.39, 0.29) is 17.0 Å². The van der Waals surface area contributed by atoms with Crippen molar-refractivity contribution in [3.05, 3.63) is 99.1 Å². The first-order chi connectivity index (χ1) is 15.3. The molecular formula is C24H22N2O6. The lowest BCUT2D eigenvalue weighted by atomic mass is 10.1. The zero-order valence-corrected chi connectivity index (χ0v) is 17.8. The van der Waals surface area contributed by atoms with Crippen molar-refractivity contribution in [2.75, 3.05) is 12.4 Å². The number of nitrogens with one attached hydrogen (secondary N) is 1. The average molecular weight is 434 g/mol. The molecule has 0 aliphatic carbocycles. The molecule has 3 aromatic carbocycles. The third-order valence-electron chi connectivity index (χ3n) is 4.83. The summed E-state index contributed by atoms with van der Waals surface area (Å²) in [7, 11) is 1.30. The van der Waals surface area contributed by atoms with Gasteiger partial charge in [0.25, 0.3) is 5.91 Å². The second kappa shape index (κ2) is 9.74. The Kier molecular flexibility index (Phi) is 6.84. The van der Waals surface area contributed by atoms with Gasteiger partial charge in [-0.25, -0.2) is 4.79 Å². The van der Waals surface area contributed by atoms with Crippen LogP contribution in [0, 0.1) is 24.0 Å². The number of nitrogens with zero attached hydrogens (tertiary/aromatic N) is 1. The highest BCUT2D eigenvalue weighted by Gasteiger charge is 2.27. The highest BCUT2D eigenvalue weighted by Crippen LogP contribution is 2.29. The van der Waals surface area contributed by atoms with Crippen LogP contribution in [0.3, 0.4) is 0 Å². The average Bonchev–Trinajstić information content (AvgIpc) is 2.79. The predicted molar refractivity (Wildman–Crippen MR) is 119 cm³/mol. The zero-order chi connectivity index (χ0) is 23.3.